The van der Waals surface area contributed by atoms with Gasteiger partial charge < -0.3 is 20.3 Å². The van der Waals surface area contributed by atoms with Crippen molar-refractivity contribution < 1.29 is 22.7 Å². The number of nitrogens with one attached hydrogen (secondary N) is 5. The van der Waals surface area contributed by atoms with Crippen LogP contribution in [0.15, 0.2) is 42.2 Å². The first-order valence-corrected chi connectivity index (χ1v) is 15.8. The van der Waals surface area contributed by atoms with Gasteiger partial charge in [0.1, 0.15) is 5.70 Å². The maximum atomic E-state index is 13.5. The molecule has 0 saturated heterocycles. The number of amides is 2. The summed E-state index contributed by atoms with van der Waals surface area (Å²) in [6.07, 6.45) is 2.69. The summed E-state index contributed by atoms with van der Waals surface area (Å²) < 4.78 is 32.1. The molecule has 0 fully saturated rings. The van der Waals surface area contributed by atoms with Crippen molar-refractivity contribution in [2.45, 2.75) is 47.0 Å². The number of methoxy groups -OCH3 is 1. The number of aryl methyl sites for hydroxylation is 1. The Morgan fingerprint density at radius 3 is 2.26 bits per heavy atom. The van der Waals surface area contributed by atoms with Gasteiger partial charge in [-0.05, 0) is 67.2 Å². The van der Waals surface area contributed by atoms with E-state index in [1.165, 1.54) is 7.11 Å². The highest BCUT2D eigenvalue weighted by atomic mass is 32.2. The summed E-state index contributed by atoms with van der Waals surface area (Å²) in [5, 5.41) is 7.50. The lowest BCUT2D eigenvalue weighted by Gasteiger charge is -2.28. The van der Waals surface area contributed by atoms with Gasteiger partial charge in [-0.25, -0.2) is 8.42 Å². The fourth-order valence-corrected chi connectivity index (χ4v) is 5.29. The van der Waals surface area contributed by atoms with Gasteiger partial charge in [0, 0.05) is 18.7 Å². The lowest BCUT2D eigenvalue weighted by atomic mass is 9.86. The molecule has 3 rings (SSSR count). The van der Waals surface area contributed by atoms with Crippen LogP contribution in [0.4, 0.5) is 17.1 Å². The normalized spacial score (nSPS) is 13.8. The Morgan fingerprint density at radius 2 is 1.67 bits per heavy atom. The van der Waals surface area contributed by atoms with E-state index < -0.39 is 15.9 Å². The first-order chi connectivity index (χ1) is 19.8. The lowest BCUT2D eigenvalue weighted by Crippen LogP contribution is -2.43. The van der Waals surface area contributed by atoms with E-state index in [1.807, 2.05) is 41.8 Å². The van der Waals surface area contributed by atoms with Gasteiger partial charge in [0.25, 0.3) is 11.8 Å². The fourth-order valence-electron chi connectivity index (χ4n) is 4.74. The van der Waals surface area contributed by atoms with Crippen LogP contribution in [0.5, 0.6) is 5.75 Å². The van der Waals surface area contributed by atoms with Crippen LogP contribution in [0.3, 0.4) is 0 Å². The number of rotatable bonds is 11. The van der Waals surface area contributed by atoms with Crippen molar-refractivity contribution in [1.82, 2.24) is 21.2 Å². The number of hydrogen-bond acceptors (Lipinski definition) is 9. The third-order valence-corrected chi connectivity index (χ3v) is 7.31. The molecule has 0 spiro atoms. The van der Waals surface area contributed by atoms with Crippen LogP contribution >= 0.6 is 0 Å². The molecule has 1 aliphatic rings. The summed E-state index contributed by atoms with van der Waals surface area (Å²) in [4.78, 5) is 28.4. The highest BCUT2D eigenvalue weighted by molar-refractivity contribution is 7.92. The second-order valence-corrected chi connectivity index (χ2v) is 14.7. The first kappa shape index (κ1) is 33.7. The number of benzene rings is 2. The van der Waals surface area contributed by atoms with Crippen LogP contribution in [0, 0.1) is 12.3 Å². The van der Waals surface area contributed by atoms with E-state index in [9.17, 15) is 18.0 Å². The monoisotopic (exact) mass is 615 g/mol. The zero-order chi connectivity index (χ0) is 32.3. The lowest BCUT2D eigenvalue weighted by molar-refractivity contribution is -0.118. The quantitative estimate of drug-likeness (QED) is 0.257. The van der Waals surface area contributed by atoms with Gasteiger partial charge in [-0.15, -0.1) is 5.53 Å². The molecule has 12 nitrogen and oxygen atoms in total. The van der Waals surface area contributed by atoms with Crippen molar-refractivity contribution in [1.29, 1.82) is 0 Å². The number of ether oxygens (including phenoxy) is 1. The molecule has 0 aromatic heterocycles. The number of carbonyl (C=O) groups excluding carboxylic acids is 2. The molecular formula is C30H45N7O5S. The minimum atomic E-state index is -3.61. The Bertz CT molecular complexity index is 1510. The third-order valence-electron chi connectivity index (χ3n) is 6.72. The summed E-state index contributed by atoms with van der Waals surface area (Å²) in [7, 11) is 1.79. The van der Waals surface area contributed by atoms with Crippen molar-refractivity contribution in [3.05, 3.63) is 58.9 Å². The van der Waals surface area contributed by atoms with E-state index in [0.717, 1.165) is 23.9 Å². The van der Waals surface area contributed by atoms with E-state index in [-0.39, 0.29) is 28.2 Å². The molecular weight excluding hydrogens is 570 g/mol. The molecule has 0 atom stereocenters. The van der Waals surface area contributed by atoms with E-state index in [0.29, 0.717) is 29.2 Å². The number of hydrazine groups is 2. The summed E-state index contributed by atoms with van der Waals surface area (Å²) in [6.45, 7) is 13.4. The van der Waals surface area contributed by atoms with Gasteiger partial charge in [-0.3, -0.25) is 24.7 Å². The third kappa shape index (κ3) is 9.09. The Labute approximate surface area is 255 Å². The molecule has 0 unspecified atom stereocenters. The molecule has 13 heteroatoms. The Hall–Kier alpha value is -3.81. The van der Waals surface area contributed by atoms with Crippen molar-refractivity contribution in [3.63, 3.8) is 0 Å². The zero-order valence-corrected chi connectivity index (χ0v) is 27.5. The van der Waals surface area contributed by atoms with Crippen LogP contribution in [0.25, 0.3) is 0 Å². The Morgan fingerprint density at radius 1 is 1.02 bits per heavy atom. The maximum absolute atomic E-state index is 13.5. The van der Waals surface area contributed by atoms with Gasteiger partial charge >= 0.3 is 0 Å². The van der Waals surface area contributed by atoms with Gasteiger partial charge in [-0.1, -0.05) is 40.7 Å². The van der Waals surface area contributed by atoms with E-state index >= 15 is 0 Å². The predicted octanol–water partition coefficient (Wildman–Crippen LogP) is 3.30. The SMILES string of the molecule is COc1c(NC(=O)c2ccc(C)c(N3C=C(C(=O)NCC(C)(C)CN(C)C)NN3)c2)cc(C(C)(C)C)cc1NS(C)(=O)=O. The number of anilines is 3. The smallest absolute Gasteiger partial charge is 0.270 e. The largest absolute Gasteiger partial charge is 0.492 e. The predicted molar refractivity (Wildman–Crippen MR) is 171 cm³/mol. The number of nitrogens with zero attached hydrogens (tertiary/aromatic N) is 2. The van der Waals surface area contributed by atoms with Gasteiger partial charge in [-0.2, -0.15) is 0 Å². The summed E-state index contributed by atoms with van der Waals surface area (Å²) in [5.74, 6) is -0.484. The molecule has 0 radical (unpaired) electrons. The van der Waals surface area contributed by atoms with Crippen molar-refractivity contribution in [2.75, 3.05) is 55.6 Å². The minimum absolute atomic E-state index is 0.111. The fraction of sp³-hybridized carbons (Fsp3) is 0.467. The molecule has 1 aliphatic heterocycles. The Balaban J connectivity index is 1.86. The summed E-state index contributed by atoms with van der Waals surface area (Å²) in [5.41, 5.74) is 8.97. The number of sulfonamides is 1. The standard InChI is InChI=1S/C30H45N7O5S/c1-19-11-12-20(13-25(19)37-16-24(33-35-37)28(39)31-17-30(5,6)18-36(7)8)27(38)32-22-14-21(29(2,3)4)15-23(26(22)42-9)34-43(10,40)41/h11-16,33-35H,17-18H2,1-10H3,(H,31,39)(H,32,38). The minimum Gasteiger partial charge on any atom is -0.492 e. The molecule has 2 amide bonds. The average Bonchev–Trinajstić information content (AvgIpc) is 3.35. The van der Waals surface area contributed by atoms with E-state index in [2.05, 4.69) is 45.1 Å². The highest BCUT2D eigenvalue weighted by Crippen LogP contribution is 2.39. The molecule has 5 N–H and O–H groups in total. The molecule has 0 aliphatic carbocycles. The number of carbonyl (C=O) groups is 2. The van der Waals surface area contributed by atoms with Crippen LogP contribution in [-0.2, 0) is 20.2 Å². The topological polar surface area (TPSA) is 144 Å². The first-order valence-electron chi connectivity index (χ1n) is 13.9. The highest BCUT2D eigenvalue weighted by Gasteiger charge is 2.26. The van der Waals surface area contributed by atoms with Crippen LogP contribution in [0.2, 0.25) is 0 Å². The van der Waals surface area contributed by atoms with Gasteiger partial charge in [0.05, 0.1) is 36.6 Å². The molecule has 236 valence electrons. The molecule has 0 saturated carbocycles. The average molecular weight is 616 g/mol. The molecule has 0 bridgehead atoms. The van der Waals surface area contributed by atoms with Crippen molar-refractivity contribution in [3.8, 4) is 5.75 Å². The van der Waals surface area contributed by atoms with Crippen LogP contribution < -0.4 is 36.1 Å². The summed E-state index contributed by atoms with van der Waals surface area (Å²) >= 11 is 0. The van der Waals surface area contributed by atoms with Gasteiger partial charge in [0.15, 0.2) is 5.75 Å². The number of hydrogen-bond donors (Lipinski definition) is 5. The summed E-state index contributed by atoms with van der Waals surface area (Å²) in [6, 6.07) is 8.68. The second-order valence-electron chi connectivity index (χ2n) is 12.9. The van der Waals surface area contributed by atoms with Gasteiger partial charge in [0.2, 0.25) is 10.0 Å². The molecule has 2 aromatic carbocycles. The van der Waals surface area contributed by atoms with E-state index in [1.54, 1.807) is 41.5 Å². The van der Waals surface area contributed by atoms with Crippen LogP contribution in [0.1, 0.15) is 56.1 Å². The molecule has 1 heterocycles. The van der Waals surface area contributed by atoms with Crippen molar-refractivity contribution >= 4 is 38.9 Å². The zero-order valence-electron chi connectivity index (χ0n) is 26.7. The second kappa shape index (κ2) is 12.8. The van der Waals surface area contributed by atoms with Crippen molar-refractivity contribution in [2.24, 2.45) is 5.41 Å². The maximum Gasteiger partial charge on any atom is 0.270 e. The van der Waals surface area contributed by atoms with Crippen LogP contribution in [-0.4, -0.2) is 65.7 Å². The molecule has 2 aromatic rings. The van der Waals surface area contributed by atoms with E-state index in [4.69, 9.17) is 4.74 Å². The molecule has 43 heavy (non-hydrogen) atoms. The Kier molecular flexibility index (Phi) is 10.0.